The van der Waals surface area contributed by atoms with Crippen LogP contribution < -0.4 is 0 Å². The summed E-state index contributed by atoms with van der Waals surface area (Å²) in [7, 11) is 0. The first kappa shape index (κ1) is 38.8. The Kier molecular flexibility index (Phi) is 8.79. The van der Waals surface area contributed by atoms with E-state index in [1.807, 2.05) is 36.5 Å². The van der Waals surface area contributed by atoms with Crippen LogP contribution in [0.3, 0.4) is 0 Å². The highest BCUT2D eigenvalue weighted by atomic mass is 15.1. The van der Waals surface area contributed by atoms with Gasteiger partial charge in [0.1, 0.15) is 5.82 Å². The van der Waals surface area contributed by atoms with Crippen molar-refractivity contribution in [1.29, 1.82) is 0 Å². The van der Waals surface area contributed by atoms with Gasteiger partial charge in [-0.15, -0.1) is 0 Å². The lowest BCUT2D eigenvalue weighted by molar-refractivity contribution is 1.05. The fourth-order valence-electron chi connectivity index (χ4n) is 10.5. The van der Waals surface area contributed by atoms with E-state index in [4.69, 9.17) is 15.0 Å². The Bertz CT molecular complexity index is 4220. The molecule has 0 aliphatic heterocycles. The topological polar surface area (TPSA) is 53.5 Å². The number of hydrogen-bond acceptors (Lipinski definition) is 3. The third kappa shape index (κ3) is 6.30. The molecule has 6 heteroatoms. The van der Waals surface area contributed by atoms with Crippen molar-refractivity contribution in [2.75, 3.05) is 0 Å². The van der Waals surface area contributed by atoms with E-state index in [0.717, 1.165) is 89.2 Å². The number of rotatable bonds is 7. The number of hydrogen-bond donors (Lipinski definition) is 0. The fraction of sp³-hybridized carbons (Fsp3) is 0. The van der Waals surface area contributed by atoms with Gasteiger partial charge in [0.15, 0.2) is 5.82 Å². The normalized spacial score (nSPS) is 11.8. The van der Waals surface area contributed by atoms with Gasteiger partial charge in [0.2, 0.25) is 0 Å². The molecule has 69 heavy (non-hydrogen) atoms. The maximum absolute atomic E-state index is 5.24. The summed E-state index contributed by atoms with van der Waals surface area (Å²) in [6.45, 7) is 0. The first-order valence-electron chi connectivity index (χ1n) is 23.3. The van der Waals surface area contributed by atoms with Gasteiger partial charge in [-0.05, 0) is 107 Å². The molecule has 0 atom stereocenters. The molecule has 0 radical (unpaired) electrons. The first-order chi connectivity index (χ1) is 34.2. The number of fused-ring (bicyclic) bond motifs is 9. The Morgan fingerprint density at radius 1 is 0.275 bits per heavy atom. The number of para-hydroxylation sites is 3. The van der Waals surface area contributed by atoms with Gasteiger partial charge in [-0.2, -0.15) is 0 Å². The number of pyridine rings is 1. The van der Waals surface area contributed by atoms with Crippen molar-refractivity contribution in [3.05, 3.63) is 243 Å². The molecule has 9 aromatic carbocycles. The molecule has 0 spiro atoms. The van der Waals surface area contributed by atoms with E-state index in [-0.39, 0.29) is 0 Å². The summed E-state index contributed by atoms with van der Waals surface area (Å²) in [6.07, 6.45) is 1.89. The number of benzene rings is 9. The van der Waals surface area contributed by atoms with Crippen molar-refractivity contribution in [3.8, 4) is 62.1 Å². The minimum absolute atomic E-state index is 0.692. The van der Waals surface area contributed by atoms with Gasteiger partial charge in [0.05, 0.1) is 44.3 Å². The summed E-state index contributed by atoms with van der Waals surface area (Å²) in [4.78, 5) is 15.2. The quantitative estimate of drug-likeness (QED) is 0.160. The summed E-state index contributed by atoms with van der Waals surface area (Å²) in [6, 6.07) is 84.3. The van der Waals surface area contributed by atoms with E-state index < -0.39 is 0 Å². The molecule has 0 saturated carbocycles. The second-order valence-electron chi connectivity index (χ2n) is 17.7. The molecular formula is C63H40N6. The van der Waals surface area contributed by atoms with Crippen molar-refractivity contribution in [2.45, 2.75) is 0 Å². The standard InChI is InChI=1S/C63H40N6/c1-4-15-42(16-5-1)54-40-61(66-63(65-54)43-17-6-2-7-18-43)69-56-24-13-11-22-50(56)52-38-46(30-34-58(52)69)45-29-33-57-51(37-45)49-21-10-12-23-55(49)67(57)48-31-26-41(27-32-48)44-28-35-59-53(39-44)62-60(25-14-36-64-62)68(59)47-19-8-3-9-20-47/h1-40H. The van der Waals surface area contributed by atoms with Crippen molar-refractivity contribution in [3.63, 3.8) is 0 Å². The molecule has 0 amide bonds. The molecule has 322 valence electrons. The summed E-state index contributed by atoms with van der Waals surface area (Å²) < 4.78 is 6.99. The van der Waals surface area contributed by atoms with Crippen molar-refractivity contribution in [1.82, 2.24) is 28.7 Å². The molecule has 5 aromatic heterocycles. The molecule has 0 bridgehead atoms. The molecular weight excluding hydrogens is 841 g/mol. The lowest BCUT2D eigenvalue weighted by atomic mass is 10.0. The Labute approximate surface area is 397 Å². The summed E-state index contributed by atoms with van der Waals surface area (Å²) in [5.41, 5.74) is 17.6. The minimum Gasteiger partial charge on any atom is -0.309 e. The fourth-order valence-corrected chi connectivity index (χ4v) is 10.5. The Morgan fingerprint density at radius 3 is 1.41 bits per heavy atom. The molecule has 0 aliphatic carbocycles. The van der Waals surface area contributed by atoms with Crippen LogP contribution in [0.4, 0.5) is 0 Å². The zero-order valence-corrected chi connectivity index (χ0v) is 37.3. The van der Waals surface area contributed by atoms with Crippen LogP contribution in [-0.4, -0.2) is 28.7 Å². The number of aromatic nitrogens is 6. The van der Waals surface area contributed by atoms with Gasteiger partial charge in [-0.3, -0.25) is 9.55 Å². The van der Waals surface area contributed by atoms with Crippen LogP contribution in [0, 0.1) is 0 Å². The van der Waals surface area contributed by atoms with Gasteiger partial charge in [-0.1, -0.05) is 146 Å². The van der Waals surface area contributed by atoms with Crippen LogP contribution in [-0.2, 0) is 0 Å². The summed E-state index contributed by atoms with van der Waals surface area (Å²) in [5, 5.41) is 5.91. The van der Waals surface area contributed by atoms with Crippen LogP contribution in [0.2, 0.25) is 0 Å². The van der Waals surface area contributed by atoms with Crippen molar-refractivity contribution >= 4 is 65.5 Å². The van der Waals surface area contributed by atoms with Gasteiger partial charge >= 0.3 is 0 Å². The molecule has 14 aromatic rings. The molecule has 0 aliphatic rings. The zero-order valence-electron chi connectivity index (χ0n) is 37.3. The van der Waals surface area contributed by atoms with E-state index >= 15 is 0 Å². The average Bonchev–Trinajstić information content (AvgIpc) is 4.06. The van der Waals surface area contributed by atoms with Gasteiger partial charge < -0.3 is 9.13 Å². The van der Waals surface area contributed by atoms with Crippen molar-refractivity contribution < 1.29 is 0 Å². The van der Waals surface area contributed by atoms with E-state index in [0.29, 0.717) is 5.82 Å². The largest absolute Gasteiger partial charge is 0.309 e. The first-order valence-corrected chi connectivity index (χ1v) is 23.3. The van der Waals surface area contributed by atoms with Gasteiger partial charge in [0.25, 0.3) is 0 Å². The molecule has 5 heterocycles. The van der Waals surface area contributed by atoms with Gasteiger partial charge in [-0.25, -0.2) is 9.97 Å². The van der Waals surface area contributed by atoms with E-state index in [1.54, 1.807) is 0 Å². The van der Waals surface area contributed by atoms with Crippen LogP contribution in [0.15, 0.2) is 243 Å². The average molecular weight is 881 g/mol. The van der Waals surface area contributed by atoms with Crippen LogP contribution in [0.25, 0.3) is 128 Å². The SMILES string of the molecule is c1ccc(-c2cc(-n3c4ccccc4c4cc(-c5ccc6c(c5)c5ccccc5n6-c5ccc(-c6ccc7c(c6)c6ncccc6n7-c6ccccc6)cc5)ccc43)nc(-c3ccccc3)n2)cc1. The predicted octanol–water partition coefficient (Wildman–Crippen LogP) is 15.8. The highest BCUT2D eigenvalue weighted by molar-refractivity contribution is 6.13. The zero-order chi connectivity index (χ0) is 45.4. The summed E-state index contributed by atoms with van der Waals surface area (Å²) in [5.74, 6) is 1.52. The minimum atomic E-state index is 0.692. The maximum atomic E-state index is 5.24. The van der Waals surface area contributed by atoms with Crippen LogP contribution in [0.1, 0.15) is 0 Å². The molecule has 6 nitrogen and oxygen atoms in total. The Balaban J connectivity index is 0.855. The second-order valence-corrected chi connectivity index (χ2v) is 17.7. The summed E-state index contributed by atoms with van der Waals surface area (Å²) >= 11 is 0. The highest BCUT2D eigenvalue weighted by Crippen LogP contribution is 2.40. The smallest absolute Gasteiger partial charge is 0.162 e. The number of nitrogens with zero attached hydrogens (tertiary/aromatic N) is 6. The highest BCUT2D eigenvalue weighted by Gasteiger charge is 2.19. The maximum Gasteiger partial charge on any atom is 0.162 e. The second kappa shape index (κ2) is 15.6. The molecule has 0 fully saturated rings. The lowest BCUT2D eigenvalue weighted by Gasteiger charge is -2.12. The molecule has 14 rings (SSSR count). The van der Waals surface area contributed by atoms with E-state index in [9.17, 15) is 0 Å². The van der Waals surface area contributed by atoms with E-state index in [1.165, 1.54) is 32.6 Å². The van der Waals surface area contributed by atoms with Crippen molar-refractivity contribution in [2.24, 2.45) is 0 Å². The van der Waals surface area contributed by atoms with E-state index in [2.05, 4.69) is 220 Å². The Hall–Kier alpha value is -9.39. The third-order valence-electron chi connectivity index (χ3n) is 13.7. The predicted molar refractivity (Wildman–Crippen MR) is 285 cm³/mol. The molecule has 0 unspecified atom stereocenters. The monoisotopic (exact) mass is 880 g/mol. The van der Waals surface area contributed by atoms with Gasteiger partial charge in [0, 0.05) is 61.7 Å². The molecule has 0 saturated heterocycles. The third-order valence-corrected chi connectivity index (χ3v) is 13.7. The lowest BCUT2D eigenvalue weighted by Crippen LogP contribution is -2.02. The molecule has 0 N–H and O–H groups in total. The van der Waals surface area contributed by atoms with Crippen LogP contribution >= 0.6 is 0 Å². The van der Waals surface area contributed by atoms with Crippen LogP contribution in [0.5, 0.6) is 0 Å². The Morgan fingerprint density at radius 2 is 0.739 bits per heavy atom.